The minimum Gasteiger partial charge on any atom is -0.455 e. The van der Waals surface area contributed by atoms with Gasteiger partial charge in [-0.25, -0.2) is 0 Å². The van der Waals surface area contributed by atoms with Crippen molar-refractivity contribution < 1.29 is 4.74 Å². The van der Waals surface area contributed by atoms with Crippen LogP contribution in [0.2, 0.25) is 0 Å². The van der Waals surface area contributed by atoms with Crippen LogP contribution in [-0.2, 0) is 11.3 Å². The van der Waals surface area contributed by atoms with Gasteiger partial charge < -0.3 is 4.74 Å². The molecule has 0 aliphatic heterocycles. The number of halogens is 1. The third-order valence-corrected chi connectivity index (χ3v) is 3.40. The summed E-state index contributed by atoms with van der Waals surface area (Å²) in [5.41, 5.74) is 3.40. The lowest BCUT2D eigenvalue weighted by Crippen LogP contribution is -2.12. The molecule has 0 saturated heterocycles. The quantitative estimate of drug-likeness (QED) is 0.723. The molecule has 0 atom stereocenters. The highest BCUT2D eigenvalue weighted by molar-refractivity contribution is 6.17. The van der Waals surface area contributed by atoms with Crippen molar-refractivity contribution in [2.45, 2.75) is 39.0 Å². The lowest BCUT2D eigenvalue weighted by Gasteiger charge is -2.23. The molecule has 0 bridgehead atoms. The second-order valence-electron chi connectivity index (χ2n) is 6.01. The van der Waals surface area contributed by atoms with Gasteiger partial charge in [0.1, 0.15) is 11.5 Å². The molecule has 1 heterocycles. The molecule has 0 amide bonds. The van der Waals surface area contributed by atoms with Gasteiger partial charge in [-0.05, 0) is 30.0 Å². The number of aryl methyl sites for hydroxylation is 1. The van der Waals surface area contributed by atoms with Crippen molar-refractivity contribution in [3.63, 3.8) is 0 Å². The van der Waals surface area contributed by atoms with Crippen molar-refractivity contribution in [3.05, 3.63) is 53.3 Å². The standard InChI is InChI=1S/C17H20ClNO/c1-12-5-6-16(15(7-12)17(2,3)4)20-14-8-13(9-18)10-19-11-14/h5-8,10-11H,9H2,1-4H3. The molecule has 0 aliphatic carbocycles. The van der Waals surface area contributed by atoms with Crippen molar-refractivity contribution in [1.82, 2.24) is 4.98 Å². The molecule has 20 heavy (non-hydrogen) atoms. The molecule has 0 N–H and O–H groups in total. The van der Waals surface area contributed by atoms with Gasteiger partial charge in [0.05, 0.1) is 6.20 Å². The van der Waals surface area contributed by atoms with E-state index in [2.05, 4.69) is 44.8 Å². The number of alkyl halides is 1. The van der Waals surface area contributed by atoms with E-state index in [1.807, 2.05) is 12.1 Å². The Labute approximate surface area is 125 Å². The summed E-state index contributed by atoms with van der Waals surface area (Å²) in [6.07, 6.45) is 3.46. The molecule has 3 heteroatoms. The van der Waals surface area contributed by atoms with Crippen LogP contribution >= 0.6 is 11.6 Å². The van der Waals surface area contributed by atoms with Gasteiger partial charge in [-0.2, -0.15) is 0 Å². The maximum Gasteiger partial charge on any atom is 0.146 e. The Hall–Kier alpha value is -1.54. The Kier molecular flexibility index (Phi) is 4.34. The van der Waals surface area contributed by atoms with Crippen LogP contribution in [0.15, 0.2) is 36.7 Å². The molecule has 2 rings (SSSR count). The van der Waals surface area contributed by atoms with Crippen LogP contribution in [0.5, 0.6) is 11.5 Å². The van der Waals surface area contributed by atoms with Crippen molar-refractivity contribution in [2.75, 3.05) is 0 Å². The molecular formula is C17H20ClNO. The topological polar surface area (TPSA) is 22.1 Å². The van der Waals surface area contributed by atoms with E-state index in [0.717, 1.165) is 17.1 Å². The molecule has 2 aromatic rings. The number of benzene rings is 1. The Bertz CT molecular complexity index is 602. The first-order valence-corrected chi connectivity index (χ1v) is 7.22. The first-order chi connectivity index (χ1) is 9.40. The average molecular weight is 290 g/mol. The largest absolute Gasteiger partial charge is 0.455 e. The summed E-state index contributed by atoms with van der Waals surface area (Å²) in [7, 11) is 0. The third-order valence-electron chi connectivity index (χ3n) is 3.09. The number of aromatic nitrogens is 1. The zero-order valence-corrected chi connectivity index (χ0v) is 13.2. The second-order valence-corrected chi connectivity index (χ2v) is 6.28. The molecule has 1 aromatic heterocycles. The van der Waals surface area contributed by atoms with Crippen LogP contribution in [0.4, 0.5) is 0 Å². The van der Waals surface area contributed by atoms with Gasteiger partial charge >= 0.3 is 0 Å². The number of pyridine rings is 1. The Morgan fingerprint density at radius 2 is 1.90 bits per heavy atom. The number of hydrogen-bond acceptors (Lipinski definition) is 2. The lowest BCUT2D eigenvalue weighted by molar-refractivity contribution is 0.453. The monoisotopic (exact) mass is 289 g/mol. The summed E-state index contributed by atoms with van der Waals surface area (Å²) < 4.78 is 6.01. The van der Waals surface area contributed by atoms with E-state index < -0.39 is 0 Å². The van der Waals surface area contributed by atoms with Gasteiger partial charge in [0, 0.05) is 17.6 Å². The fraction of sp³-hybridized carbons (Fsp3) is 0.353. The van der Waals surface area contributed by atoms with Crippen LogP contribution < -0.4 is 4.74 Å². The summed E-state index contributed by atoms with van der Waals surface area (Å²) in [4.78, 5) is 4.15. The van der Waals surface area contributed by atoms with E-state index in [1.165, 1.54) is 11.1 Å². The number of ether oxygens (including phenoxy) is 1. The van der Waals surface area contributed by atoms with E-state index in [4.69, 9.17) is 16.3 Å². The van der Waals surface area contributed by atoms with Crippen molar-refractivity contribution >= 4 is 11.6 Å². The highest BCUT2D eigenvalue weighted by atomic mass is 35.5. The SMILES string of the molecule is Cc1ccc(Oc2cncc(CCl)c2)c(C(C)(C)C)c1. The Morgan fingerprint density at radius 3 is 2.55 bits per heavy atom. The van der Waals surface area contributed by atoms with Gasteiger partial charge in [0.25, 0.3) is 0 Å². The fourth-order valence-corrected chi connectivity index (χ4v) is 2.18. The van der Waals surface area contributed by atoms with Gasteiger partial charge in [-0.1, -0.05) is 38.5 Å². The summed E-state index contributed by atoms with van der Waals surface area (Å²) in [6, 6.07) is 8.17. The third kappa shape index (κ3) is 3.51. The minimum atomic E-state index is 0.0267. The van der Waals surface area contributed by atoms with Gasteiger partial charge in [-0.3, -0.25) is 4.98 Å². The molecule has 106 valence electrons. The molecule has 0 saturated carbocycles. The first kappa shape index (κ1) is 14.9. The van der Waals surface area contributed by atoms with E-state index >= 15 is 0 Å². The summed E-state index contributed by atoms with van der Waals surface area (Å²) in [6.45, 7) is 8.64. The molecular weight excluding hydrogens is 270 g/mol. The smallest absolute Gasteiger partial charge is 0.146 e. The second kappa shape index (κ2) is 5.84. The normalized spacial score (nSPS) is 11.4. The molecule has 0 unspecified atom stereocenters. The van der Waals surface area contributed by atoms with Crippen LogP contribution in [0, 0.1) is 6.92 Å². The Balaban J connectivity index is 2.38. The van der Waals surface area contributed by atoms with Crippen LogP contribution in [0.1, 0.15) is 37.5 Å². The first-order valence-electron chi connectivity index (χ1n) is 6.69. The number of rotatable bonds is 3. The lowest BCUT2D eigenvalue weighted by atomic mass is 9.85. The maximum absolute atomic E-state index is 6.01. The molecule has 2 nitrogen and oxygen atoms in total. The van der Waals surface area contributed by atoms with Crippen molar-refractivity contribution in [1.29, 1.82) is 0 Å². The fourth-order valence-electron chi connectivity index (χ4n) is 2.04. The van der Waals surface area contributed by atoms with Gasteiger partial charge in [0.15, 0.2) is 0 Å². The highest BCUT2D eigenvalue weighted by Gasteiger charge is 2.19. The van der Waals surface area contributed by atoms with Crippen LogP contribution in [0.25, 0.3) is 0 Å². The summed E-state index contributed by atoms with van der Waals surface area (Å²) in [5.74, 6) is 2.03. The predicted molar refractivity (Wildman–Crippen MR) is 83.7 cm³/mol. The molecule has 0 fully saturated rings. The van der Waals surface area contributed by atoms with E-state index in [1.54, 1.807) is 12.4 Å². The predicted octanol–water partition coefficient (Wildman–Crippen LogP) is 5.22. The van der Waals surface area contributed by atoms with Gasteiger partial charge in [-0.15, -0.1) is 11.6 Å². The molecule has 0 spiro atoms. The summed E-state index contributed by atoms with van der Waals surface area (Å²) >= 11 is 5.83. The number of nitrogens with zero attached hydrogens (tertiary/aromatic N) is 1. The Morgan fingerprint density at radius 1 is 1.15 bits per heavy atom. The average Bonchev–Trinajstić information content (AvgIpc) is 2.40. The van der Waals surface area contributed by atoms with Gasteiger partial charge in [0.2, 0.25) is 0 Å². The summed E-state index contributed by atoms with van der Waals surface area (Å²) in [5, 5.41) is 0. The molecule has 0 aliphatic rings. The highest BCUT2D eigenvalue weighted by Crippen LogP contribution is 2.34. The van der Waals surface area contributed by atoms with E-state index in [-0.39, 0.29) is 5.41 Å². The van der Waals surface area contributed by atoms with E-state index in [0.29, 0.717) is 5.88 Å². The van der Waals surface area contributed by atoms with Crippen molar-refractivity contribution in [3.8, 4) is 11.5 Å². The van der Waals surface area contributed by atoms with Crippen LogP contribution in [-0.4, -0.2) is 4.98 Å². The maximum atomic E-state index is 6.01. The minimum absolute atomic E-state index is 0.0267. The van der Waals surface area contributed by atoms with Crippen LogP contribution in [0.3, 0.4) is 0 Å². The number of hydrogen-bond donors (Lipinski definition) is 0. The molecule has 1 aromatic carbocycles. The zero-order chi connectivity index (χ0) is 14.8. The molecule has 0 radical (unpaired) electrons. The van der Waals surface area contributed by atoms with E-state index in [9.17, 15) is 0 Å². The zero-order valence-electron chi connectivity index (χ0n) is 12.4. The van der Waals surface area contributed by atoms with Crippen molar-refractivity contribution in [2.24, 2.45) is 0 Å².